The summed E-state index contributed by atoms with van der Waals surface area (Å²) in [7, 11) is 0. The van der Waals surface area contributed by atoms with Crippen LogP contribution in [0.1, 0.15) is 25.8 Å². The van der Waals surface area contributed by atoms with Crippen LogP contribution < -0.4 is 15.0 Å². The van der Waals surface area contributed by atoms with Crippen molar-refractivity contribution in [1.29, 1.82) is 0 Å². The molecule has 2 aromatic rings. The minimum atomic E-state index is -0.824. The predicted octanol–water partition coefficient (Wildman–Crippen LogP) is 3.58. The second-order valence-electron chi connectivity index (χ2n) is 6.20. The number of hydrogen-bond donors (Lipinski definition) is 1. The summed E-state index contributed by atoms with van der Waals surface area (Å²) in [6.07, 6.45) is 5.10. The minimum absolute atomic E-state index is 0.00598. The monoisotopic (exact) mass is 399 g/mol. The van der Waals surface area contributed by atoms with E-state index in [2.05, 4.69) is 10.3 Å². The van der Waals surface area contributed by atoms with E-state index in [0.29, 0.717) is 16.3 Å². The average Bonchev–Trinajstić information content (AvgIpc) is 2.67. The number of barbiturate groups is 1. The molecule has 1 fully saturated rings. The van der Waals surface area contributed by atoms with Gasteiger partial charge in [0.05, 0.1) is 23.0 Å². The second kappa shape index (κ2) is 8.22. The smallest absolute Gasteiger partial charge is 0.336 e. The van der Waals surface area contributed by atoms with Crippen molar-refractivity contribution < 1.29 is 19.1 Å². The molecular formula is C20H18ClN3O4. The van der Waals surface area contributed by atoms with E-state index in [1.54, 1.807) is 30.3 Å². The van der Waals surface area contributed by atoms with Crippen LogP contribution in [-0.2, 0) is 9.59 Å². The lowest BCUT2D eigenvalue weighted by molar-refractivity contribution is -0.122. The molecule has 0 bridgehead atoms. The van der Waals surface area contributed by atoms with Gasteiger partial charge in [-0.15, -0.1) is 0 Å². The summed E-state index contributed by atoms with van der Waals surface area (Å²) in [6, 6.07) is 7.27. The number of anilines is 1. The Kier molecular flexibility index (Phi) is 5.75. The molecule has 8 heteroatoms. The maximum atomic E-state index is 12.8. The van der Waals surface area contributed by atoms with Crippen molar-refractivity contribution in [3.63, 3.8) is 0 Å². The van der Waals surface area contributed by atoms with Gasteiger partial charge in [0.25, 0.3) is 11.8 Å². The number of amides is 4. The van der Waals surface area contributed by atoms with E-state index in [0.717, 1.165) is 11.3 Å². The minimum Gasteiger partial charge on any atom is -0.489 e. The fourth-order valence-corrected chi connectivity index (χ4v) is 2.78. The van der Waals surface area contributed by atoms with E-state index in [1.165, 1.54) is 18.5 Å². The van der Waals surface area contributed by atoms with Crippen molar-refractivity contribution in [2.45, 2.75) is 26.4 Å². The molecular weight excluding hydrogens is 382 g/mol. The van der Waals surface area contributed by atoms with Gasteiger partial charge in [-0.05, 0) is 49.2 Å². The fourth-order valence-electron chi connectivity index (χ4n) is 2.55. The Hall–Kier alpha value is -3.19. The number of imide groups is 2. The first-order valence-electron chi connectivity index (χ1n) is 8.68. The molecule has 28 heavy (non-hydrogen) atoms. The van der Waals surface area contributed by atoms with Crippen LogP contribution in [-0.4, -0.2) is 28.9 Å². The van der Waals surface area contributed by atoms with Gasteiger partial charge in [0, 0.05) is 6.20 Å². The van der Waals surface area contributed by atoms with Gasteiger partial charge < -0.3 is 4.74 Å². The van der Waals surface area contributed by atoms with Crippen molar-refractivity contribution in [3.8, 4) is 5.75 Å². The number of rotatable bonds is 5. The van der Waals surface area contributed by atoms with E-state index in [1.807, 2.05) is 13.8 Å². The Balaban J connectivity index is 1.92. The molecule has 2 heterocycles. The SMILES string of the molecule is CC[C@H](C)Oc1ccc(/C=C2/C(=O)NC(=O)N(c3cccnc3)C2=O)cc1Cl. The highest BCUT2D eigenvalue weighted by atomic mass is 35.5. The van der Waals surface area contributed by atoms with Gasteiger partial charge in [-0.3, -0.25) is 19.9 Å². The maximum Gasteiger partial charge on any atom is 0.336 e. The van der Waals surface area contributed by atoms with Crippen molar-refractivity contribution in [3.05, 3.63) is 58.9 Å². The molecule has 1 aromatic carbocycles. The number of halogens is 1. The molecule has 1 aliphatic heterocycles. The number of aromatic nitrogens is 1. The first kappa shape index (κ1) is 19.6. The number of benzene rings is 1. The number of carbonyl (C=O) groups excluding carboxylic acids is 3. The first-order chi connectivity index (χ1) is 13.4. The van der Waals surface area contributed by atoms with Crippen LogP contribution in [0.5, 0.6) is 5.75 Å². The van der Waals surface area contributed by atoms with Crippen LogP contribution in [0.4, 0.5) is 10.5 Å². The highest BCUT2D eigenvalue weighted by molar-refractivity contribution is 6.39. The summed E-state index contributed by atoms with van der Waals surface area (Å²) in [5.41, 5.74) is 0.606. The maximum absolute atomic E-state index is 12.8. The summed E-state index contributed by atoms with van der Waals surface area (Å²) in [5.74, 6) is -0.992. The summed E-state index contributed by atoms with van der Waals surface area (Å²) < 4.78 is 5.71. The number of nitrogens with one attached hydrogen (secondary N) is 1. The molecule has 1 N–H and O–H groups in total. The molecule has 0 spiro atoms. The molecule has 0 aliphatic carbocycles. The number of carbonyl (C=O) groups is 3. The average molecular weight is 400 g/mol. The fraction of sp³-hybridized carbons (Fsp3) is 0.200. The van der Waals surface area contributed by atoms with E-state index in [4.69, 9.17) is 16.3 Å². The highest BCUT2D eigenvalue weighted by Gasteiger charge is 2.36. The highest BCUT2D eigenvalue weighted by Crippen LogP contribution is 2.28. The van der Waals surface area contributed by atoms with Gasteiger partial charge in [0.15, 0.2) is 0 Å². The molecule has 1 saturated heterocycles. The van der Waals surface area contributed by atoms with Gasteiger partial charge in [-0.2, -0.15) is 0 Å². The lowest BCUT2D eigenvalue weighted by atomic mass is 10.1. The number of nitrogens with zero attached hydrogens (tertiary/aromatic N) is 2. The molecule has 0 unspecified atom stereocenters. The van der Waals surface area contributed by atoms with Gasteiger partial charge >= 0.3 is 6.03 Å². The van der Waals surface area contributed by atoms with E-state index >= 15 is 0 Å². The van der Waals surface area contributed by atoms with Crippen LogP contribution in [0.2, 0.25) is 5.02 Å². The molecule has 1 atom stereocenters. The van der Waals surface area contributed by atoms with Gasteiger partial charge in [-0.25, -0.2) is 9.69 Å². The van der Waals surface area contributed by atoms with Crippen molar-refractivity contribution >= 4 is 41.2 Å². The molecule has 3 rings (SSSR count). The van der Waals surface area contributed by atoms with E-state index < -0.39 is 17.8 Å². The molecule has 1 aromatic heterocycles. The Labute approximate surface area is 167 Å². The Morgan fingerprint density at radius 1 is 1.29 bits per heavy atom. The van der Waals surface area contributed by atoms with Crippen LogP contribution in [0.3, 0.4) is 0 Å². The Bertz CT molecular complexity index is 959. The number of pyridine rings is 1. The third-order valence-electron chi connectivity index (χ3n) is 4.18. The number of ether oxygens (including phenoxy) is 1. The summed E-state index contributed by atoms with van der Waals surface area (Å²) in [6.45, 7) is 3.93. The zero-order valence-electron chi connectivity index (χ0n) is 15.3. The molecule has 4 amide bonds. The lowest BCUT2D eigenvalue weighted by Gasteiger charge is -2.26. The zero-order chi connectivity index (χ0) is 20.3. The topological polar surface area (TPSA) is 88.6 Å². The van der Waals surface area contributed by atoms with Crippen molar-refractivity contribution in [2.24, 2.45) is 0 Å². The molecule has 1 aliphatic rings. The van der Waals surface area contributed by atoms with Crippen LogP contribution in [0, 0.1) is 0 Å². The molecule has 7 nitrogen and oxygen atoms in total. The number of urea groups is 1. The Morgan fingerprint density at radius 2 is 2.07 bits per heavy atom. The molecule has 0 saturated carbocycles. The van der Waals surface area contributed by atoms with E-state index in [9.17, 15) is 14.4 Å². The molecule has 0 radical (unpaired) electrons. The van der Waals surface area contributed by atoms with Gasteiger partial charge in [-0.1, -0.05) is 24.6 Å². The van der Waals surface area contributed by atoms with Gasteiger partial charge in [0.1, 0.15) is 11.3 Å². The summed E-state index contributed by atoms with van der Waals surface area (Å²) in [4.78, 5) is 41.9. The first-order valence-corrected chi connectivity index (χ1v) is 9.06. The normalized spacial score (nSPS) is 16.9. The third-order valence-corrected chi connectivity index (χ3v) is 4.47. The summed E-state index contributed by atoms with van der Waals surface area (Å²) in [5, 5.41) is 2.52. The number of hydrogen-bond acceptors (Lipinski definition) is 5. The standard InChI is InChI=1S/C20H18ClN3O4/c1-3-12(2)28-17-7-6-13(10-16(17)21)9-15-18(25)23-20(27)24(19(15)26)14-5-4-8-22-11-14/h4-12H,3H2,1-2H3,(H,23,25,27)/b15-9-/t12-/m0/s1. The molecule has 144 valence electrons. The third kappa shape index (κ3) is 4.04. The second-order valence-corrected chi connectivity index (χ2v) is 6.60. The largest absolute Gasteiger partial charge is 0.489 e. The predicted molar refractivity (Wildman–Crippen MR) is 105 cm³/mol. The Morgan fingerprint density at radius 3 is 2.71 bits per heavy atom. The van der Waals surface area contributed by atoms with E-state index in [-0.39, 0.29) is 17.4 Å². The van der Waals surface area contributed by atoms with Crippen LogP contribution in [0.25, 0.3) is 6.08 Å². The van der Waals surface area contributed by atoms with Gasteiger partial charge in [0.2, 0.25) is 0 Å². The van der Waals surface area contributed by atoms with Crippen molar-refractivity contribution in [2.75, 3.05) is 4.90 Å². The van der Waals surface area contributed by atoms with Crippen molar-refractivity contribution in [1.82, 2.24) is 10.3 Å². The lowest BCUT2D eigenvalue weighted by Crippen LogP contribution is -2.54. The summed E-state index contributed by atoms with van der Waals surface area (Å²) >= 11 is 6.26. The zero-order valence-corrected chi connectivity index (χ0v) is 16.1. The van der Waals surface area contributed by atoms with Crippen LogP contribution in [0.15, 0.2) is 48.3 Å². The van der Waals surface area contributed by atoms with Crippen LogP contribution >= 0.6 is 11.6 Å². The quantitative estimate of drug-likeness (QED) is 0.613.